The van der Waals surface area contributed by atoms with E-state index in [4.69, 9.17) is 5.73 Å². The number of amides is 1. The van der Waals surface area contributed by atoms with E-state index in [0.717, 1.165) is 12.1 Å². The minimum absolute atomic E-state index is 0.0686. The molecule has 1 unspecified atom stereocenters. The molecule has 1 atom stereocenters. The highest BCUT2D eigenvalue weighted by atomic mass is 79.9. The Labute approximate surface area is 117 Å². The zero-order valence-corrected chi connectivity index (χ0v) is 11.8. The second-order valence-corrected chi connectivity index (χ2v) is 4.97. The van der Waals surface area contributed by atoms with E-state index in [1.807, 2.05) is 6.92 Å². The molecule has 3 N–H and O–H groups in total. The Morgan fingerprint density at radius 1 is 1.47 bits per heavy atom. The van der Waals surface area contributed by atoms with E-state index < -0.39 is 17.6 Å². The van der Waals surface area contributed by atoms with Crippen LogP contribution in [-0.4, -0.2) is 11.9 Å². The maximum Gasteiger partial charge on any atom is 0.416 e. The molecule has 0 fully saturated rings. The second kappa shape index (κ2) is 6.38. The summed E-state index contributed by atoms with van der Waals surface area (Å²) in [7, 11) is 0. The summed E-state index contributed by atoms with van der Waals surface area (Å²) in [5.41, 5.74) is 4.88. The number of benzene rings is 1. The van der Waals surface area contributed by atoms with Crippen LogP contribution in [0.2, 0.25) is 0 Å². The largest absolute Gasteiger partial charge is 0.416 e. The molecule has 0 saturated heterocycles. The first-order chi connectivity index (χ1) is 8.74. The van der Waals surface area contributed by atoms with Crippen LogP contribution in [0.25, 0.3) is 0 Å². The summed E-state index contributed by atoms with van der Waals surface area (Å²) in [5, 5.41) is 2.42. The van der Waals surface area contributed by atoms with Crippen molar-refractivity contribution in [3.8, 4) is 0 Å². The van der Waals surface area contributed by atoms with Gasteiger partial charge in [-0.05, 0) is 40.5 Å². The first-order valence-corrected chi connectivity index (χ1v) is 6.45. The van der Waals surface area contributed by atoms with Gasteiger partial charge in [-0.15, -0.1) is 0 Å². The standard InChI is InChI=1S/C12H14BrF3N2O/c1-2-8(17)6-11(19)18-10-5-7(12(14,15)16)3-4-9(10)13/h3-5,8H,2,6,17H2,1H3,(H,18,19). The van der Waals surface area contributed by atoms with Crippen LogP contribution < -0.4 is 11.1 Å². The number of carbonyl (C=O) groups is 1. The number of nitrogens with one attached hydrogen (secondary N) is 1. The molecule has 0 aliphatic carbocycles. The van der Waals surface area contributed by atoms with Gasteiger partial charge in [-0.1, -0.05) is 6.92 Å². The van der Waals surface area contributed by atoms with Gasteiger partial charge in [0.1, 0.15) is 0 Å². The molecule has 0 aliphatic rings. The lowest BCUT2D eigenvalue weighted by Gasteiger charge is -2.13. The van der Waals surface area contributed by atoms with Gasteiger partial charge in [0.25, 0.3) is 0 Å². The monoisotopic (exact) mass is 338 g/mol. The predicted octanol–water partition coefficient (Wildman–Crippen LogP) is 3.53. The van der Waals surface area contributed by atoms with Crippen LogP contribution in [0, 0.1) is 0 Å². The van der Waals surface area contributed by atoms with Gasteiger partial charge in [0.15, 0.2) is 0 Å². The minimum atomic E-state index is -4.44. The Balaban J connectivity index is 2.86. The van der Waals surface area contributed by atoms with Crippen molar-refractivity contribution >= 4 is 27.5 Å². The summed E-state index contributed by atoms with van der Waals surface area (Å²) in [6.07, 6.45) is -3.75. The summed E-state index contributed by atoms with van der Waals surface area (Å²) >= 11 is 3.10. The molecule has 0 spiro atoms. The van der Waals surface area contributed by atoms with Crippen LogP contribution in [0.5, 0.6) is 0 Å². The molecule has 0 heterocycles. The number of hydrogen-bond acceptors (Lipinski definition) is 2. The number of carbonyl (C=O) groups excluding carboxylic acids is 1. The van der Waals surface area contributed by atoms with Gasteiger partial charge in [-0.3, -0.25) is 4.79 Å². The van der Waals surface area contributed by atoms with Crippen molar-refractivity contribution in [3.05, 3.63) is 28.2 Å². The Hall–Kier alpha value is -1.08. The van der Waals surface area contributed by atoms with Crippen LogP contribution in [0.1, 0.15) is 25.3 Å². The highest BCUT2D eigenvalue weighted by Crippen LogP contribution is 2.33. The molecule has 0 bridgehead atoms. The second-order valence-electron chi connectivity index (χ2n) is 4.11. The van der Waals surface area contributed by atoms with Crippen molar-refractivity contribution in [2.24, 2.45) is 5.73 Å². The van der Waals surface area contributed by atoms with Crippen LogP contribution in [-0.2, 0) is 11.0 Å². The molecular weight excluding hydrogens is 325 g/mol. The molecule has 19 heavy (non-hydrogen) atoms. The van der Waals surface area contributed by atoms with E-state index in [1.165, 1.54) is 6.07 Å². The third-order valence-electron chi connectivity index (χ3n) is 2.54. The zero-order valence-electron chi connectivity index (χ0n) is 10.2. The van der Waals surface area contributed by atoms with Crippen molar-refractivity contribution in [1.29, 1.82) is 0 Å². The van der Waals surface area contributed by atoms with Gasteiger partial charge in [-0.25, -0.2) is 0 Å². The molecule has 1 aromatic rings. The summed E-state index contributed by atoms with van der Waals surface area (Å²) in [5.74, 6) is -0.408. The van der Waals surface area contributed by atoms with Gasteiger partial charge < -0.3 is 11.1 Å². The van der Waals surface area contributed by atoms with Crippen LogP contribution in [0.3, 0.4) is 0 Å². The Bertz CT molecular complexity index is 463. The maximum absolute atomic E-state index is 12.6. The van der Waals surface area contributed by atoms with Crippen molar-refractivity contribution < 1.29 is 18.0 Å². The third kappa shape index (κ3) is 4.83. The van der Waals surface area contributed by atoms with Gasteiger partial charge in [0, 0.05) is 16.9 Å². The summed E-state index contributed by atoms with van der Waals surface area (Å²) in [6.45, 7) is 1.83. The topological polar surface area (TPSA) is 55.1 Å². The third-order valence-corrected chi connectivity index (χ3v) is 3.23. The number of anilines is 1. The van der Waals surface area contributed by atoms with Crippen molar-refractivity contribution in [2.75, 3.05) is 5.32 Å². The van der Waals surface area contributed by atoms with Gasteiger partial charge in [0.05, 0.1) is 11.3 Å². The van der Waals surface area contributed by atoms with Crippen molar-refractivity contribution in [3.63, 3.8) is 0 Å². The minimum Gasteiger partial charge on any atom is -0.327 e. The lowest BCUT2D eigenvalue weighted by Crippen LogP contribution is -2.26. The molecule has 1 rings (SSSR count). The molecule has 0 aromatic heterocycles. The van der Waals surface area contributed by atoms with Gasteiger partial charge >= 0.3 is 6.18 Å². The Morgan fingerprint density at radius 2 is 2.11 bits per heavy atom. The fraction of sp³-hybridized carbons (Fsp3) is 0.417. The average molecular weight is 339 g/mol. The zero-order chi connectivity index (χ0) is 14.6. The highest BCUT2D eigenvalue weighted by molar-refractivity contribution is 9.10. The normalized spacial score (nSPS) is 13.2. The quantitative estimate of drug-likeness (QED) is 0.882. The van der Waals surface area contributed by atoms with Crippen LogP contribution >= 0.6 is 15.9 Å². The number of halogens is 4. The van der Waals surface area contributed by atoms with E-state index >= 15 is 0 Å². The van der Waals surface area contributed by atoms with Crippen molar-refractivity contribution in [1.82, 2.24) is 0 Å². The lowest BCUT2D eigenvalue weighted by molar-refractivity contribution is -0.137. The number of nitrogens with two attached hydrogens (primary N) is 1. The smallest absolute Gasteiger partial charge is 0.327 e. The van der Waals surface area contributed by atoms with Gasteiger partial charge in [0.2, 0.25) is 5.91 Å². The summed E-state index contributed by atoms with van der Waals surface area (Å²) in [6, 6.07) is 2.78. The first-order valence-electron chi connectivity index (χ1n) is 5.66. The van der Waals surface area contributed by atoms with E-state index in [0.29, 0.717) is 10.9 Å². The van der Waals surface area contributed by atoms with E-state index in [2.05, 4.69) is 21.2 Å². The molecule has 1 aromatic carbocycles. The number of alkyl halides is 3. The van der Waals surface area contributed by atoms with E-state index in [1.54, 1.807) is 0 Å². The molecule has 0 radical (unpaired) electrons. The van der Waals surface area contributed by atoms with E-state index in [-0.39, 0.29) is 18.2 Å². The number of rotatable bonds is 4. The summed E-state index contributed by atoms with van der Waals surface area (Å²) < 4.78 is 38.0. The SMILES string of the molecule is CCC(N)CC(=O)Nc1cc(C(F)(F)F)ccc1Br. The number of hydrogen-bond donors (Lipinski definition) is 2. The van der Waals surface area contributed by atoms with Crippen molar-refractivity contribution in [2.45, 2.75) is 32.0 Å². The Morgan fingerprint density at radius 3 is 2.63 bits per heavy atom. The van der Waals surface area contributed by atoms with Crippen LogP contribution in [0.4, 0.5) is 18.9 Å². The van der Waals surface area contributed by atoms with E-state index in [9.17, 15) is 18.0 Å². The average Bonchev–Trinajstić information content (AvgIpc) is 2.30. The fourth-order valence-corrected chi connectivity index (χ4v) is 1.73. The highest BCUT2D eigenvalue weighted by Gasteiger charge is 2.31. The molecule has 3 nitrogen and oxygen atoms in total. The Kier molecular flexibility index (Phi) is 5.37. The fourth-order valence-electron chi connectivity index (χ4n) is 1.38. The maximum atomic E-state index is 12.6. The first kappa shape index (κ1) is 16.0. The molecule has 0 saturated carbocycles. The molecule has 0 aliphatic heterocycles. The molecule has 106 valence electrons. The molecule has 7 heteroatoms. The predicted molar refractivity (Wildman–Crippen MR) is 70.7 cm³/mol. The molecular formula is C12H14BrF3N2O. The van der Waals surface area contributed by atoms with Gasteiger partial charge in [-0.2, -0.15) is 13.2 Å². The lowest BCUT2D eigenvalue weighted by atomic mass is 10.1. The van der Waals surface area contributed by atoms with Crippen LogP contribution in [0.15, 0.2) is 22.7 Å². The molecule has 1 amide bonds. The summed E-state index contributed by atoms with van der Waals surface area (Å²) in [4.78, 5) is 11.6.